The molecular formula is C19H16ClN5O3. The number of benzene rings is 1. The molecule has 8 nitrogen and oxygen atoms in total. The van der Waals surface area contributed by atoms with Crippen LogP contribution in [0, 0.1) is 0 Å². The van der Waals surface area contributed by atoms with Crippen LogP contribution in [0.5, 0.6) is 0 Å². The summed E-state index contributed by atoms with van der Waals surface area (Å²) >= 11 is 6.10. The van der Waals surface area contributed by atoms with E-state index in [1.807, 2.05) is 35.0 Å². The second kappa shape index (κ2) is 7.32. The van der Waals surface area contributed by atoms with E-state index in [-0.39, 0.29) is 23.3 Å². The molecule has 0 aliphatic heterocycles. The van der Waals surface area contributed by atoms with Crippen LogP contribution >= 0.6 is 11.6 Å². The summed E-state index contributed by atoms with van der Waals surface area (Å²) in [6.07, 6.45) is 3.24. The van der Waals surface area contributed by atoms with E-state index in [1.54, 1.807) is 6.07 Å². The number of nitrogens with one attached hydrogen (secondary N) is 2. The number of aromatic amines is 1. The monoisotopic (exact) mass is 397 g/mol. The first kappa shape index (κ1) is 18.0. The molecule has 3 heterocycles. The number of esters is 1. The molecule has 4 aromatic rings. The quantitative estimate of drug-likeness (QED) is 0.396. The van der Waals surface area contributed by atoms with Crippen LogP contribution in [0.25, 0.3) is 21.8 Å². The van der Waals surface area contributed by atoms with Gasteiger partial charge >= 0.3 is 5.97 Å². The van der Waals surface area contributed by atoms with Crippen molar-refractivity contribution in [2.45, 2.75) is 13.5 Å². The molecule has 0 unspecified atom stereocenters. The SMILES string of the molecule is CC(=O)OCCn1ccc2c(Nc3nc(Cl)cc4nc[nH]c(=O)c34)cccc21. The van der Waals surface area contributed by atoms with Crippen molar-refractivity contribution < 1.29 is 9.53 Å². The van der Waals surface area contributed by atoms with Crippen LogP contribution in [0.2, 0.25) is 5.15 Å². The molecule has 28 heavy (non-hydrogen) atoms. The van der Waals surface area contributed by atoms with Crippen LogP contribution in [0.3, 0.4) is 0 Å². The number of carbonyl (C=O) groups excluding carboxylic acids is 1. The van der Waals surface area contributed by atoms with Crippen molar-refractivity contribution in [1.82, 2.24) is 19.5 Å². The molecule has 0 bridgehead atoms. The fourth-order valence-corrected chi connectivity index (χ4v) is 3.28. The second-order valence-corrected chi connectivity index (χ2v) is 6.52. The topological polar surface area (TPSA) is 102 Å². The summed E-state index contributed by atoms with van der Waals surface area (Å²) in [4.78, 5) is 34.2. The van der Waals surface area contributed by atoms with Gasteiger partial charge in [-0.15, -0.1) is 0 Å². The molecule has 0 fully saturated rings. The average Bonchev–Trinajstić information content (AvgIpc) is 3.05. The third-order valence-electron chi connectivity index (χ3n) is 4.30. The van der Waals surface area contributed by atoms with Crippen LogP contribution in [0.15, 0.2) is 47.7 Å². The van der Waals surface area contributed by atoms with Crippen LogP contribution < -0.4 is 10.9 Å². The summed E-state index contributed by atoms with van der Waals surface area (Å²) in [7, 11) is 0. The fourth-order valence-electron chi connectivity index (χ4n) is 3.09. The lowest BCUT2D eigenvalue weighted by Gasteiger charge is -2.11. The van der Waals surface area contributed by atoms with E-state index in [0.717, 1.165) is 16.6 Å². The number of H-pyrrole nitrogens is 1. The van der Waals surface area contributed by atoms with Gasteiger partial charge in [0.05, 0.1) is 23.9 Å². The number of anilines is 2. The fraction of sp³-hybridized carbons (Fsp3) is 0.158. The highest BCUT2D eigenvalue weighted by molar-refractivity contribution is 6.30. The van der Waals surface area contributed by atoms with Gasteiger partial charge in [-0.1, -0.05) is 17.7 Å². The number of aromatic nitrogens is 4. The Hall–Kier alpha value is -3.39. The molecule has 3 aromatic heterocycles. The Bertz CT molecular complexity index is 1250. The zero-order valence-corrected chi connectivity index (χ0v) is 15.7. The molecule has 0 amide bonds. The third-order valence-corrected chi connectivity index (χ3v) is 4.49. The van der Waals surface area contributed by atoms with Gasteiger partial charge < -0.3 is 19.6 Å². The molecule has 0 atom stereocenters. The van der Waals surface area contributed by atoms with Crippen molar-refractivity contribution in [1.29, 1.82) is 0 Å². The number of rotatable bonds is 5. The first-order chi connectivity index (χ1) is 13.5. The second-order valence-electron chi connectivity index (χ2n) is 6.13. The van der Waals surface area contributed by atoms with Crippen LogP contribution in [0.4, 0.5) is 11.5 Å². The maximum atomic E-state index is 12.3. The molecule has 0 saturated carbocycles. The number of hydrogen-bond donors (Lipinski definition) is 2. The van der Waals surface area contributed by atoms with Gasteiger partial charge in [-0.2, -0.15) is 0 Å². The van der Waals surface area contributed by atoms with Gasteiger partial charge in [-0.05, 0) is 18.2 Å². The van der Waals surface area contributed by atoms with Crippen molar-refractivity contribution in [3.8, 4) is 0 Å². The predicted molar refractivity (Wildman–Crippen MR) is 107 cm³/mol. The van der Waals surface area contributed by atoms with E-state index >= 15 is 0 Å². The molecule has 0 radical (unpaired) electrons. The minimum absolute atomic E-state index is 0.235. The van der Waals surface area contributed by atoms with Crippen molar-refractivity contribution in [2.75, 3.05) is 11.9 Å². The Kier molecular flexibility index (Phi) is 4.70. The van der Waals surface area contributed by atoms with E-state index in [2.05, 4.69) is 20.3 Å². The van der Waals surface area contributed by atoms with Crippen LogP contribution in [0.1, 0.15) is 6.92 Å². The van der Waals surface area contributed by atoms with E-state index in [1.165, 1.54) is 13.3 Å². The van der Waals surface area contributed by atoms with Crippen molar-refractivity contribution >= 4 is 50.9 Å². The Morgan fingerprint density at radius 3 is 3.04 bits per heavy atom. The van der Waals surface area contributed by atoms with E-state index in [0.29, 0.717) is 23.3 Å². The number of nitrogens with zero attached hydrogens (tertiary/aromatic N) is 3. The van der Waals surface area contributed by atoms with Crippen molar-refractivity contribution in [3.05, 3.63) is 58.4 Å². The van der Waals surface area contributed by atoms with Crippen molar-refractivity contribution in [2.24, 2.45) is 0 Å². The molecule has 0 spiro atoms. The highest BCUT2D eigenvalue weighted by Crippen LogP contribution is 2.29. The molecule has 9 heteroatoms. The third kappa shape index (κ3) is 3.41. The maximum Gasteiger partial charge on any atom is 0.302 e. The van der Waals surface area contributed by atoms with Gasteiger partial charge in [0.15, 0.2) is 0 Å². The largest absolute Gasteiger partial charge is 0.464 e. The first-order valence-corrected chi connectivity index (χ1v) is 8.93. The molecule has 0 aliphatic rings. The number of fused-ring (bicyclic) bond motifs is 2. The number of carbonyl (C=O) groups is 1. The summed E-state index contributed by atoms with van der Waals surface area (Å²) in [5.41, 5.74) is 1.87. The van der Waals surface area contributed by atoms with E-state index in [9.17, 15) is 9.59 Å². The Morgan fingerprint density at radius 1 is 1.36 bits per heavy atom. The Balaban J connectivity index is 1.73. The minimum Gasteiger partial charge on any atom is -0.464 e. The maximum absolute atomic E-state index is 12.3. The summed E-state index contributed by atoms with van der Waals surface area (Å²) < 4.78 is 7.01. The summed E-state index contributed by atoms with van der Waals surface area (Å²) in [6, 6.07) is 9.23. The van der Waals surface area contributed by atoms with Gasteiger partial charge in [0, 0.05) is 30.3 Å². The first-order valence-electron chi connectivity index (χ1n) is 8.55. The molecule has 142 valence electrons. The average molecular weight is 398 g/mol. The number of halogens is 1. The highest BCUT2D eigenvalue weighted by atomic mass is 35.5. The van der Waals surface area contributed by atoms with Crippen LogP contribution in [-0.4, -0.2) is 32.1 Å². The normalized spacial score (nSPS) is 11.1. The Morgan fingerprint density at radius 2 is 2.21 bits per heavy atom. The summed E-state index contributed by atoms with van der Waals surface area (Å²) in [5, 5.41) is 4.70. The molecular weight excluding hydrogens is 382 g/mol. The predicted octanol–water partition coefficient (Wildman–Crippen LogP) is 3.23. The van der Waals surface area contributed by atoms with Gasteiger partial charge in [0.1, 0.15) is 23.0 Å². The zero-order chi connectivity index (χ0) is 19.7. The van der Waals surface area contributed by atoms with Crippen molar-refractivity contribution in [3.63, 3.8) is 0 Å². The van der Waals surface area contributed by atoms with E-state index < -0.39 is 0 Å². The van der Waals surface area contributed by atoms with Crippen LogP contribution in [-0.2, 0) is 16.1 Å². The smallest absolute Gasteiger partial charge is 0.302 e. The zero-order valence-electron chi connectivity index (χ0n) is 14.9. The molecule has 4 rings (SSSR count). The van der Waals surface area contributed by atoms with Gasteiger partial charge in [-0.3, -0.25) is 9.59 Å². The van der Waals surface area contributed by atoms with E-state index in [4.69, 9.17) is 16.3 Å². The number of hydrogen-bond acceptors (Lipinski definition) is 6. The van der Waals surface area contributed by atoms with Gasteiger partial charge in [0.2, 0.25) is 0 Å². The summed E-state index contributed by atoms with van der Waals surface area (Å²) in [5.74, 6) is 0.0218. The molecule has 2 N–H and O–H groups in total. The molecule has 0 aliphatic carbocycles. The minimum atomic E-state index is -0.309. The lowest BCUT2D eigenvalue weighted by Crippen LogP contribution is -2.10. The summed E-state index contributed by atoms with van der Waals surface area (Å²) in [6.45, 7) is 2.21. The molecule has 1 aromatic carbocycles. The standard InChI is InChI=1S/C19H16ClN5O3/c1-11(26)28-8-7-25-6-5-12-13(3-2-4-15(12)25)23-18-17-14(9-16(20)24-18)21-10-22-19(17)27/h2-6,9-10H,7-8H2,1H3,(H,23,24)(H,21,22,27). The lowest BCUT2D eigenvalue weighted by molar-refractivity contribution is -0.141. The number of pyridine rings is 1. The Labute approximate surface area is 164 Å². The molecule has 0 saturated heterocycles. The lowest BCUT2D eigenvalue weighted by atomic mass is 10.2. The van der Waals surface area contributed by atoms with Gasteiger partial charge in [0.25, 0.3) is 5.56 Å². The number of ether oxygens (including phenoxy) is 1. The highest BCUT2D eigenvalue weighted by Gasteiger charge is 2.13. The van der Waals surface area contributed by atoms with Gasteiger partial charge in [-0.25, -0.2) is 9.97 Å².